The molecule has 1 aliphatic rings. The quantitative estimate of drug-likeness (QED) is 0.853. The molecule has 7 heteroatoms. The number of benzene rings is 1. The van der Waals surface area contributed by atoms with Crippen LogP contribution in [0.4, 0.5) is 9.52 Å². The predicted octanol–water partition coefficient (Wildman–Crippen LogP) is 2.18. The van der Waals surface area contributed by atoms with Crippen molar-refractivity contribution in [3.63, 3.8) is 0 Å². The maximum Gasteiger partial charge on any atom is 0.185 e. The van der Waals surface area contributed by atoms with Crippen molar-refractivity contribution in [2.24, 2.45) is 0 Å². The third-order valence-corrected chi connectivity index (χ3v) is 5.76. The second kappa shape index (κ2) is 5.14. The fraction of sp³-hybridized carbons (Fsp3) is 0.308. The number of hydrogen-bond acceptors (Lipinski definition) is 5. The lowest BCUT2D eigenvalue weighted by atomic mass is 10.2. The summed E-state index contributed by atoms with van der Waals surface area (Å²) in [6.45, 7) is 0.970. The Morgan fingerprint density at radius 3 is 2.45 bits per heavy atom. The number of halogens is 1. The van der Waals surface area contributed by atoms with Crippen LogP contribution >= 0.6 is 11.3 Å². The second-order valence-electron chi connectivity index (χ2n) is 4.66. The Hall–Kier alpha value is -1.47. The molecule has 0 atom stereocenters. The molecule has 1 aliphatic heterocycles. The molecule has 2 heterocycles. The van der Waals surface area contributed by atoms with Crippen molar-refractivity contribution >= 4 is 26.3 Å². The van der Waals surface area contributed by atoms with Gasteiger partial charge in [0.1, 0.15) is 5.82 Å². The molecule has 106 valence electrons. The molecule has 3 rings (SSSR count). The Kier molecular flexibility index (Phi) is 3.47. The topological polar surface area (TPSA) is 50.3 Å². The molecule has 20 heavy (non-hydrogen) atoms. The zero-order valence-corrected chi connectivity index (χ0v) is 12.3. The molecule has 0 unspecified atom stereocenters. The first-order valence-electron chi connectivity index (χ1n) is 6.20. The standard InChI is InChI=1S/C13H13FN2O2S2/c14-11-3-1-10(2-4-11)12-9-19-13(15-12)16-5-7-20(17,18)8-6-16/h1-4,9H,5-8H2. The van der Waals surface area contributed by atoms with Gasteiger partial charge in [-0.3, -0.25) is 0 Å². The highest BCUT2D eigenvalue weighted by Gasteiger charge is 2.23. The SMILES string of the molecule is O=S1(=O)CCN(c2nc(-c3ccc(F)cc3)cs2)CC1. The first-order chi connectivity index (χ1) is 9.53. The van der Waals surface area contributed by atoms with Gasteiger partial charge in [-0.25, -0.2) is 17.8 Å². The van der Waals surface area contributed by atoms with Gasteiger partial charge in [0, 0.05) is 24.0 Å². The summed E-state index contributed by atoms with van der Waals surface area (Å²) < 4.78 is 35.7. The Bertz CT molecular complexity index is 696. The summed E-state index contributed by atoms with van der Waals surface area (Å²) >= 11 is 1.48. The van der Waals surface area contributed by atoms with Crippen LogP contribution in [0.5, 0.6) is 0 Å². The van der Waals surface area contributed by atoms with Gasteiger partial charge in [0.05, 0.1) is 17.2 Å². The lowest BCUT2D eigenvalue weighted by Crippen LogP contribution is -2.40. The lowest BCUT2D eigenvalue weighted by Gasteiger charge is -2.25. The summed E-state index contributed by atoms with van der Waals surface area (Å²) in [5.41, 5.74) is 1.65. The molecule has 1 aromatic carbocycles. The fourth-order valence-electron chi connectivity index (χ4n) is 2.07. The summed E-state index contributed by atoms with van der Waals surface area (Å²) in [5.74, 6) is 0.0853. The smallest absolute Gasteiger partial charge is 0.185 e. The third-order valence-electron chi connectivity index (χ3n) is 3.25. The molecule has 1 aromatic heterocycles. The van der Waals surface area contributed by atoms with Gasteiger partial charge in [0.15, 0.2) is 15.0 Å². The van der Waals surface area contributed by atoms with Gasteiger partial charge in [-0.15, -0.1) is 11.3 Å². The van der Waals surface area contributed by atoms with E-state index in [1.54, 1.807) is 12.1 Å². The molecule has 0 N–H and O–H groups in total. The minimum absolute atomic E-state index is 0.179. The van der Waals surface area contributed by atoms with E-state index in [0.29, 0.717) is 13.1 Å². The van der Waals surface area contributed by atoms with E-state index in [9.17, 15) is 12.8 Å². The summed E-state index contributed by atoms with van der Waals surface area (Å²) in [6.07, 6.45) is 0. The predicted molar refractivity (Wildman–Crippen MR) is 78.4 cm³/mol. The largest absolute Gasteiger partial charge is 0.346 e. The lowest BCUT2D eigenvalue weighted by molar-refractivity contribution is 0.586. The maximum atomic E-state index is 12.9. The van der Waals surface area contributed by atoms with E-state index in [1.165, 1.54) is 23.5 Å². The van der Waals surface area contributed by atoms with Crippen molar-refractivity contribution in [1.29, 1.82) is 0 Å². The minimum atomic E-state index is -2.88. The number of anilines is 1. The zero-order valence-electron chi connectivity index (χ0n) is 10.6. The molecular weight excluding hydrogens is 299 g/mol. The maximum absolute atomic E-state index is 12.9. The van der Waals surface area contributed by atoms with Gasteiger partial charge in [-0.05, 0) is 24.3 Å². The molecule has 1 fully saturated rings. The van der Waals surface area contributed by atoms with E-state index in [4.69, 9.17) is 0 Å². The Balaban J connectivity index is 1.79. The van der Waals surface area contributed by atoms with Crippen LogP contribution in [-0.4, -0.2) is 38.0 Å². The van der Waals surface area contributed by atoms with Crippen molar-refractivity contribution < 1.29 is 12.8 Å². The van der Waals surface area contributed by atoms with Crippen LogP contribution in [0, 0.1) is 5.82 Å². The highest BCUT2D eigenvalue weighted by Crippen LogP contribution is 2.28. The third kappa shape index (κ3) is 2.83. The van der Waals surface area contributed by atoms with Crippen molar-refractivity contribution in [1.82, 2.24) is 4.98 Å². The molecule has 0 amide bonds. The average molecular weight is 312 g/mol. The Morgan fingerprint density at radius 2 is 1.80 bits per heavy atom. The fourth-order valence-corrected chi connectivity index (χ4v) is 4.16. The van der Waals surface area contributed by atoms with Gasteiger partial charge in [0.2, 0.25) is 0 Å². The monoisotopic (exact) mass is 312 g/mol. The molecule has 0 aliphatic carbocycles. The number of rotatable bonds is 2. The molecular formula is C13H13FN2O2S2. The van der Waals surface area contributed by atoms with E-state index in [1.807, 2.05) is 10.3 Å². The van der Waals surface area contributed by atoms with E-state index < -0.39 is 9.84 Å². The summed E-state index contributed by atoms with van der Waals surface area (Å²) in [4.78, 5) is 6.49. The van der Waals surface area contributed by atoms with Gasteiger partial charge in [-0.1, -0.05) is 0 Å². The van der Waals surface area contributed by atoms with Crippen LogP contribution in [0.3, 0.4) is 0 Å². The van der Waals surface area contributed by atoms with E-state index >= 15 is 0 Å². The van der Waals surface area contributed by atoms with Crippen LogP contribution in [-0.2, 0) is 9.84 Å². The molecule has 4 nitrogen and oxygen atoms in total. The van der Waals surface area contributed by atoms with Crippen LogP contribution < -0.4 is 4.90 Å². The van der Waals surface area contributed by atoms with E-state index in [-0.39, 0.29) is 17.3 Å². The van der Waals surface area contributed by atoms with Crippen LogP contribution in [0.15, 0.2) is 29.6 Å². The van der Waals surface area contributed by atoms with Gasteiger partial charge in [-0.2, -0.15) is 0 Å². The molecule has 0 spiro atoms. The number of hydrogen-bond donors (Lipinski definition) is 0. The van der Waals surface area contributed by atoms with Crippen molar-refractivity contribution in [2.75, 3.05) is 29.5 Å². The number of thiazole rings is 1. The number of aromatic nitrogens is 1. The molecule has 0 saturated carbocycles. The van der Waals surface area contributed by atoms with Crippen molar-refractivity contribution in [3.05, 3.63) is 35.5 Å². The van der Waals surface area contributed by atoms with Crippen LogP contribution in [0.1, 0.15) is 0 Å². The summed E-state index contributed by atoms with van der Waals surface area (Å²) in [5, 5.41) is 2.73. The Labute approximate surface area is 120 Å². The second-order valence-corrected chi connectivity index (χ2v) is 7.80. The van der Waals surface area contributed by atoms with Crippen LogP contribution in [0.25, 0.3) is 11.3 Å². The highest BCUT2D eigenvalue weighted by molar-refractivity contribution is 7.91. The van der Waals surface area contributed by atoms with Gasteiger partial charge >= 0.3 is 0 Å². The highest BCUT2D eigenvalue weighted by atomic mass is 32.2. The van der Waals surface area contributed by atoms with Crippen molar-refractivity contribution in [2.45, 2.75) is 0 Å². The zero-order chi connectivity index (χ0) is 14.2. The molecule has 2 aromatic rings. The molecule has 0 radical (unpaired) electrons. The minimum Gasteiger partial charge on any atom is -0.346 e. The Morgan fingerprint density at radius 1 is 1.15 bits per heavy atom. The summed E-state index contributed by atoms with van der Waals surface area (Å²) in [6, 6.07) is 6.19. The van der Waals surface area contributed by atoms with E-state index in [0.717, 1.165) is 16.4 Å². The molecule has 0 bridgehead atoms. The number of nitrogens with zero attached hydrogens (tertiary/aromatic N) is 2. The van der Waals surface area contributed by atoms with Gasteiger partial charge in [0.25, 0.3) is 0 Å². The average Bonchev–Trinajstić information content (AvgIpc) is 2.89. The first-order valence-corrected chi connectivity index (χ1v) is 8.90. The molecule has 1 saturated heterocycles. The summed E-state index contributed by atoms with van der Waals surface area (Å²) in [7, 11) is -2.88. The normalized spacial score (nSPS) is 18.1. The van der Waals surface area contributed by atoms with Crippen LogP contribution in [0.2, 0.25) is 0 Å². The van der Waals surface area contributed by atoms with E-state index in [2.05, 4.69) is 4.98 Å². The van der Waals surface area contributed by atoms with Gasteiger partial charge < -0.3 is 4.90 Å². The number of sulfone groups is 1. The first kappa shape index (κ1) is 13.5. The van der Waals surface area contributed by atoms with Crippen molar-refractivity contribution in [3.8, 4) is 11.3 Å².